The minimum absolute atomic E-state index is 0.0496. The maximum absolute atomic E-state index is 12.3. The van der Waals surface area contributed by atoms with Crippen LogP contribution in [0.2, 0.25) is 0 Å². The van der Waals surface area contributed by atoms with Gasteiger partial charge in [0, 0.05) is 19.3 Å². The molecule has 0 saturated heterocycles. The minimum Gasteiger partial charge on any atom is -0.465 e. The van der Waals surface area contributed by atoms with Crippen molar-refractivity contribution in [3.05, 3.63) is 0 Å². The summed E-state index contributed by atoms with van der Waals surface area (Å²) >= 11 is 0. The number of hydrogen-bond donors (Lipinski definition) is 0. The van der Waals surface area contributed by atoms with Crippen molar-refractivity contribution in [1.29, 1.82) is 0 Å². The molecule has 0 heterocycles. The van der Waals surface area contributed by atoms with Gasteiger partial charge in [0.05, 0.1) is 19.8 Å². The first-order chi connectivity index (χ1) is 26.2. The second kappa shape index (κ2) is 44.1. The minimum atomic E-state index is -0.181. The molecule has 322 valence electrons. The average molecular weight is 767 g/mol. The van der Waals surface area contributed by atoms with E-state index in [-0.39, 0.29) is 17.9 Å². The van der Waals surface area contributed by atoms with Gasteiger partial charge in [-0.25, -0.2) is 0 Å². The number of hydrogen-bond acceptors (Lipinski definition) is 6. The molecule has 0 spiro atoms. The summed E-state index contributed by atoms with van der Waals surface area (Å²) in [6, 6.07) is 0. The molecule has 6 heteroatoms. The second-order valence-corrected chi connectivity index (χ2v) is 17.0. The third kappa shape index (κ3) is 46.6. The van der Waals surface area contributed by atoms with Gasteiger partial charge in [0.15, 0.2) is 0 Å². The van der Waals surface area contributed by atoms with E-state index >= 15 is 0 Å². The van der Waals surface area contributed by atoms with Gasteiger partial charge in [0.1, 0.15) is 0 Å². The third-order valence-electron chi connectivity index (χ3n) is 10.1. The molecular formula is C48H94O6. The molecule has 0 radical (unpaired) electrons. The Morgan fingerprint density at radius 1 is 0.333 bits per heavy atom. The van der Waals surface area contributed by atoms with Crippen LogP contribution in [0, 0.1) is 17.8 Å². The van der Waals surface area contributed by atoms with Crippen LogP contribution >= 0.6 is 0 Å². The lowest BCUT2D eigenvalue weighted by atomic mass is 9.95. The van der Waals surface area contributed by atoms with Gasteiger partial charge < -0.3 is 14.2 Å². The molecule has 1 unspecified atom stereocenters. The Morgan fingerprint density at radius 2 is 0.574 bits per heavy atom. The zero-order valence-electron chi connectivity index (χ0n) is 37.4. The monoisotopic (exact) mass is 767 g/mol. The van der Waals surface area contributed by atoms with Crippen LogP contribution in [0.3, 0.4) is 0 Å². The summed E-state index contributed by atoms with van der Waals surface area (Å²) in [5, 5.41) is 0. The lowest BCUT2D eigenvalue weighted by Gasteiger charge is -2.17. The van der Waals surface area contributed by atoms with E-state index in [9.17, 15) is 14.4 Å². The molecule has 0 aliphatic carbocycles. The van der Waals surface area contributed by atoms with Crippen molar-refractivity contribution in [3.8, 4) is 0 Å². The van der Waals surface area contributed by atoms with Crippen molar-refractivity contribution < 1.29 is 28.6 Å². The van der Waals surface area contributed by atoms with Crippen LogP contribution in [0.4, 0.5) is 0 Å². The molecule has 0 rings (SSSR count). The molecule has 0 amide bonds. The highest BCUT2D eigenvalue weighted by molar-refractivity contribution is 5.70. The van der Waals surface area contributed by atoms with Gasteiger partial charge in [-0.3, -0.25) is 14.4 Å². The van der Waals surface area contributed by atoms with Crippen molar-refractivity contribution in [2.45, 2.75) is 254 Å². The van der Waals surface area contributed by atoms with Crippen molar-refractivity contribution in [3.63, 3.8) is 0 Å². The first-order valence-electron chi connectivity index (χ1n) is 23.6. The summed E-state index contributed by atoms with van der Waals surface area (Å²) in [5.41, 5.74) is 0. The Morgan fingerprint density at radius 3 is 0.870 bits per heavy atom. The molecule has 1 atom stereocenters. The molecular weight excluding hydrogens is 673 g/mol. The normalized spacial score (nSPS) is 11.7. The molecule has 0 N–H and O–H groups in total. The van der Waals surface area contributed by atoms with Gasteiger partial charge in [0.25, 0.3) is 0 Å². The predicted molar refractivity (Wildman–Crippen MR) is 231 cm³/mol. The largest absolute Gasteiger partial charge is 0.465 e. The van der Waals surface area contributed by atoms with E-state index in [0.29, 0.717) is 69.7 Å². The van der Waals surface area contributed by atoms with Gasteiger partial charge in [-0.15, -0.1) is 0 Å². The van der Waals surface area contributed by atoms with E-state index < -0.39 is 0 Å². The molecule has 54 heavy (non-hydrogen) atoms. The molecule has 0 aromatic carbocycles. The first kappa shape index (κ1) is 54.5. The first-order valence-corrected chi connectivity index (χ1v) is 23.6. The quantitative estimate of drug-likeness (QED) is 0.0352. The Kier molecular flexibility index (Phi) is 44.5. The number of carbonyl (C=O) groups excluding carboxylic acids is 3. The fraction of sp³-hybridized carbons (Fsp3) is 0.938. The molecule has 0 bridgehead atoms. The molecule has 6 nitrogen and oxygen atoms in total. The van der Waals surface area contributed by atoms with Crippen LogP contribution in [0.25, 0.3) is 0 Å². The zero-order valence-corrected chi connectivity index (χ0v) is 37.4. The smallest absolute Gasteiger partial charge is 0.305 e. The van der Waals surface area contributed by atoms with Crippen LogP contribution < -0.4 is 0 Å². The van der Waals surface area contributed by atoms with Crippen LogP contribution in [0.5, 0.6) is 0 Å². The summed E-state index contributed by atoms with van der Waals surface area (Å²) in [5.74, 6) is 0.991. The number of ether oxygens (including phenoxy) is 3. The van der Waals surface area contributed by atoms with E-state index in [2.05, 4.69) is 20.8 Å². The number of carbonyl (C=O) groups is 3. The molecule has 0 fully saturated rings. The second-order valence-electron chi connectivity index (χ2n) is 17.0. The lowest BCUT2D eigenvalue weighted by molar-refractivity contribution is -0.147. The summed E-state index contributed by atoms with van der Waals surface area (Å²) in [6.07, 6.45) is 38.9. The van der Waals surface area contributed by atoms with E-state index in [0.717, 1.165) is 6.42 Å². The molecule has 0 aromatic heterocycles. The van der Waals surface area contributed by atoms with Crippen molar-refractivity contribution in [1.82, 2.24) is 0 Å². The van der Waals surface area contributed by atoms with Gasteiger partial charge in [-0.2, -0.15) is 0 Å². The molecule has 0 saturated carbocycles. The highest BCUT2D eigenvalue weighted by Gasteiger charge is 2.13. The molecule has 0 aliphatic heterocycles. The Hall–Kier alpha value is -1.59. The van der Waals surface area contributed by atoms with Gasteiger partial charge >= 0.3 is 17.9 Å². The number of rotatable bonds is 39. The standard InChI is InChI=1S/C34H68O2.C14H26O4/c1-4-7-10-13-15-16-17-18-19-20-22-25-28-31-34(35)36-32-33(29-26-23-12-9-6-3)30-27-24-21-14-11-8-5-2;1-11(2)9-17-13(15)7-5-6-8-14(16)18-10-12(3)4/h33H,4-32H2,1-3H3;11-12H,5-10H2,1-4H3. The summed E-state index contributed by atoms with van der Waals surface area (Å²) in [7, 11) is 0. The average Bonchev–Trinajstić information content (AvgIpc) is 3.15. The van der Waals surface area contributed by atoms with Crippen LogP contribution in [-0.4, -0.2) is 37.7 Å². The van der Waals surface area contributed by atoms with Crippen LogP contribution in [-0.2, 0) is 28.6 Å². The SMILES string of the molecule is CC(C)COC(=O)CCCCC(=O)OCC(C)C.CCCCCCCCCCCCCCCC(=O)OCC(CCCCCCC)CCCCCCCCC. The summed E-state index contributed by atoms with van der Waals surface area (Å²) in [4.78, 5) is 34.9. The fourth-order valence-electron chi connectivity index (χ4n) is 6.51. The summed E-state index contributed by atoms with van der Waals surface area (Å²) < 4.78 is 15.8. The van der Waals surface area contributed by atoms with E-state index in [4.69, 9.17) is 14.2 Å². The van der Waals surface area contributed by atoms with Crippen molar-refractivity contribution >= 4 is 17.9 Å². The Balaban J connectivity index is 0. The predicted octanol–water partition coefficient (Wildman–Crippen LogP) is 15.1. The van der Waals surface area contributed by atoms with E-state index in [1.807, 2.05) is 27.7 Å². The molecule has 0 aromatic rings. The van der Waals surface area contributed by atoms with Crippen molar-refractivity contribution in [2.24, 2.45) is 17.8 Å². The Bertz CT molecular complexity index is 768. The fourth-order valence-corrected chi connectivity index (χ4v) is 6.51. The topological polar surface area (TPSA) is 78.9 Å². The highest BCUT2D eigenvalue weighted by atomic mass is 16.5. The van der Waals surface area contributed by atoms with Gasteiger partial charge in [-0.1, -0.05) is 203 Å². The van der Waals surface area contributed by atoms with E-state index in [1.165, 1.54) is 167 Å². The van der Waals surface area contributed by atoms with Crippen molar-refractivity contribution in [2.75, 3.05) is 19.8 Å². The lowest BCUT2D eigenvalue weighted by Crippen LogP contribution is -2.14. The number of esters is 3. The molecule has 0 aliphatic rings. The van der Waals surface area contributed by atoms with Crippen LogP contribution in [0.1, 0.15) is 254 Å². The summed E-state index contributed by atoms with van der Waals surface area (Å²) in [6.45, 7) is 16.4. The van der Waals surface area contributed by atoms with Gasteiger partial charge in [0.2, 0.25) is 0 Å². The Labute approximate surface area is 337 Å². The van der Waals surface area contributed by atoms with Gasteiger partial charge in [-0.05, 0) is 49.9 Å². The number of unbranched alkanes of at least 4 members (excludes halogenated alkanes) is 23. The zero-order chi connectivity index (χ0) is 40.3. The highest BCUT2D eigenvalue weighted by Crippen LogP contribution is 2.20. The maximum Gasteiger partial charge on any atom is 0.305 e. The van der Waals surface area contributed by atoms with E-state index in [1.54, 1.807) is 0 Å². The third-order valence-corrected chi connectivity index (χ3v) is 10.1. The van der Waals surface area contributed by atoms with Crippen LogP contribution in [0.15, 0.2) is 0 Å². The maximum atomic E-state index is 12.3.